The van der Waals surface area contributed by atoms with Crippen LogP contribution in [0, 0.1) is 0 Å². The van der Waals surface area contributed by atoms with Gasteiger partial charge >= 0.3 is 5.97 Å². The third-order valence-corrected chi connectivity index (χ3v) is 4.30. The molecule has 0 aromatic heterocycles. The molecule has 0 heterocycles. The van der Waals surface area contributed by atoms with E-state index in [-0.39, 0.29) is 0 Å². The molecule has 2 heteroatoms. The van der Waals surface area contributed by atoms with E-state index >= 15 is 0 Å². The van der Waals surface area contributed by atoms with E-state index in [1.165, 1.54) is 16.7 Å². The molecule has 2 nitrogen and oxygen atoms in total. The van der Waals surface area contributed by atoms with Gasteiger partial charge < -0.3 is 5.11 Å². The molecule has 0 saturated carbocycles. The first-order valence-corrected chi connectivity index (χ1v) is 8.58. The van der Waals surface area contributed by atoms with Crippen molar-refractivity contribution >= 4 is 5.97 Å². The Labute approximate surface area is 139 Å². The zero-order valence-corrected chi connectivity index (χ0v) is 14.1. The first-order valence-electron chi connectivity index (χ1n) is 8.58. The third kappa shape index (κ3) is 4.44. The van der Waals surface area contributed by atoms with Crippen molar-refractivity contribution < 1.29 is 9.90 Å². The van der Waals surface area contributed by atoms with E-state index in [1.807, 2.05) is 6.07 Å². The maximum Gasteiger partial charge on any atom is 0.335 e. The van der Waals surface area contributed by atoms with Gasteiger partial charge in [-0.1, -0.05) is 63.1 Å². The highest BCUT2D eigenvalue weighted by Gasteiger charge is 2.13. The molecule has 2 rings (SSSR count). The summed E-state index contributed by atoms with van der Waals surface area (Å²) in [6.07, 6.45) is 5.91. The van der Waals surface area contributed by atoms with Gasteiger partial charge in [0.05, 0.1) is 5.56 Å². The second kappa shape index (κ2) is 8.52. The Morgan fingerprint density at radius 1 is 0.783 bits per heavy atom. The lowest BCUT2D eigenvalue weighted by Gasteiger charge is -2.13. The summed E-state index contributed by atoms with van der Waals surface area (Å²) in [5, 5.41) is 9.42. The van der Waals surface area contributed by atoms with Gasteiger partial charge in [0.25, 0.3) is 0 Å². The van der Waals surface area contributed by atoms with E-state index < -0.39 is 5.97 Å². The van der Waals surface area contributed by atoms with E-state index in [0.717, 1.165) is 44.1 Å². The summed E-state index contributed by atoms with van der Waals surface area (Å²) in [7, 11) is 0. The third-order valence-electron chi connectivity index (χ3n) is 4.30. The van der Waals surface area contributed by atoms with E-state index in [0.29, 0.717) is 5.56 Å². The van der Waals surface area contributed by atoms with Crippen molar-refractivity contribution in [1.82, 2.24) is 0 Å². The highest BCUT2D eigenvalue weighted by Crippen LogP contribution is 2.21. The fourth-order valence-electron chi connectivity index (χ4n) is 3.20. The van der Waals surface area contributed by atoms with Gasteiger partial charge in [-0.05, 0) is 54.0 Å². The van der Waals surface area contributed by atoms with Crippen molar-refractivity contribution in [3.05, 3.63) is 70.3 Å². The van der Waals surface area contributed by atoms with Crippen LogP contribution in [0.2, 0.25) is 0 Å². The van der Waals surface area contributed by atoms with Crippen LogP contribution in [-0.2, 0) is 25.7 Å². The Bertz CT molecular complexity index is 659. The fraction of sp³-hybridized carbons (Fsp3) is 0.381. The standard InChI is InChI=1S/C21H26O2/c1-3-8-16-10-5-6-11-17(16)14-15-18-12-7-13-20(21(22)23)19(18)9-4-2/h5-7,10-13H,3-4,8-9,14-15H2,1-2H3,(H,22,23). The molecule has 2 aromatic carbocycles. The molecule has 2 aromatic rings. The highest BCUT2D eigenvalue weighted by molar-refractivity contribution is 5.89. The summed E-state index contributed by atoms with van der Waals surface area (Å²) in [5.74, 6) is -0.818. The average Bonchev–Trinajstić information content (AvgIpc) is 2.55. The number of aromatic carboxylic acids is 1. The average molecular weight is 310 g/mol. The molecule has 0 atom stereocenters. The normalized spacial score (nSPS) is 10.7. The minimum atomic E-state index is -0.818. The molecule has 0 saturated heterocycles. The molecule has 0 bridgehead atoms. The summed E-state index contributed by atoms with van der Waals surface area (Å²) in [5.41, 5.74) is 5.46. The Kier molecular flexibility index (Phi) is 6.40. The van der Waals surface area contributed by atoms with Crippen molar-refractivity contribution in [2.45, 2.75) is 52.4 Å². The first kappa shape index (κ1) is 17.3. The molecule has 0 aliphatic heterocycles. The van der Waals surface area contributed by atoms with Crippen molar-refractivity contribution in [1.29, 1.82) is 0 Å². The predicted molar refractivity (Wildman–Crippen MR) is 95.2 cm³/mol. The largest absolute Gasteiger partial charge is 0.478 e. The van der Waals surface area contributed by atoms with Gasteiger partial charge in [-0.3, -0.25) is 0 Å². The van der Waals surface area contributed by atoms with Crippen LogP contribution in [0.4, 0.5) is 0 Å². The van der Waals surface area contributed by atoms with Gasteiger partial charge in [0.15, 0.2) is 0 Å². The molecular weight excluding hydrogens is 284 g/mol. The molecule has 0 spiro atoms. The van der Waals surface area contributed by atoms with Gasteiger partial charge in [0, 0.05) is 0 Å². The number of aryl methyl sites for hydroxylation is 3. The molecule has 0 aliphatic carbocycles. The van der Waals surface area contributed by atoms with E-state index in [9.17, 15) is 9.90 Å². The number of carboxylic acid groups (broad SMARTS) is 1. The second-order valence-corrected chi connectivity index (χ2v) is 6.02. The van der Waals surface area contributed by atoms with E-state index in [4.69, 9.17) is 0 Å². The number of hydrogen-bond acceptors (Lipinski definition) is 1. The van der Waals surface area contributed by atoms with Crippen LogP contribution < -0.4 is 0 Å². The Balaban J connectivity index is 2.24. The molecule has 23 heavy (non-hydrogen) atoms. The molecule has 122 valence electrons. The van der Waals surface area contributed by atoms with Gasteiger partial charge in [-0.25, -0.2) is 4.79 Å². The Morgan fingerprint density at radius 2 is 1.35 bits per heavy atom. The van der Waals surface area contributed by atoms with Crippen molar-refractivity contribution in [2.24, 2.45) is 0 Å². The smallest absolute Gasteiger partial charge is 0.335 e. The lowest BCUT2D eigenvalue weighted by molar-refractivity contribution is 0.0695. The van der Waals surface area contributed by atoms with Crippen LogP contribution in [0.5, 0.6) is 0 Å². The quantitative estimate of drug-likeness (QED) is 0.738. The monoisotopic (exact) mass is 310 g/mol. The molecule has 0 radical (unpaired) electrons. The zero-order valence-electron chi connectivity index (χ0n) is 14.1. The maximum atomic E-state index is 11.5. The van der Waals surface area contributed by atoms with Crippen molar-refractivity contribution in [3.63, 3.8) is 0 Å². The summed E-state index contributed by atoms with van der Waals surface area (Å²) >= 11 is 0. The topological polar surface area (TPSA) is 37.3 Å². The van der Waals surface area contributed by atoms with Gasteiger partial charge in [0.2, 0.25) is 0 Å². The summed E-state index contributed by atoms with van der Waals surface area (Å²) in [4.78, 5) is 11.5. The molecule has 0 unspecified atom stereocenters. The predicted octanol–water partition coefficient (Wildman–Crippen LogP) is 5.08. The van der Waals surface area contributed by atoms with Crippen LogP contribution in [0.3, 0.4) is 0 Å². The number of benzene rings is 2. The van der Waals surface area contributed by atoms with Crippen LogP contribution in [0.15, 0.2) is 42.5 Å². The SMILES string of the molecule is CCCc1ccccc1CCc1cccc(C(=O)O)c1CCC. The molecule has 0 amide bonds. The van der Waals surface area contributed by atoms with Gasteiger partial charge in [0.1, 0.15) is 0 Å². The lowest BCUT2D eigenvalue weighted by atomic mass is 9.91. The minimum absolute atomic E-state index is 0.464. The fourth-order valence-corrected chi connectivity index (χ4v) is 3.20. The van der Waals surface area contributed by atoms with Crippen LogP contribution in [-0.4, -0.2) is 11.1 Å². The minimum Gasteiger partial charge on any atom is -0.478 e. The maximum absolute atomic E-state index is 11.5. The molecule has 0 fully saturated rings. The van der Waals surface area contributed by atoms with Crippen LogP contribution >= 0.6 is 0 Å². The zero-order chi connectivity index (χ0) is 16.7. The lowest BCUT2D eigenvalue weighted by Crippen LogP contribution is -2.07. The van der Waals surface area contributed by atoms with Crippen molar-refractivity contribution in [2.75, 3.05) is 0 Å². The van der Waals surface area contributed by atoms with Gasteiger partial charge in [-0.2, -0.15) is 0 Å². The molecule has 0 aliphatic rings. The Hall–Kier alpha value is -2.09. The van der Waals surface area contributed by atoms with Crippen molar-refractivity contribution in [3.8, 4) is 0 Å². The van der Waals surface area contributed by atoms with Gasteiger partial charge in [-0.15, -0.1) is 0 Å². The van der Waals surface area contributed by atoms with E-state index in [2.05, 4.69) is 44.2 Å². The van der Waals surface area contributed by atoms with Crippen LogP contribution in [0.25, 0.3) is 0 Å². The number of carbonyl (C=O) groups is 1. The van der Waals surface area contributed by atoms with E-state index in [1.54, 1.807) is 6.07 Å². The summed E-state index contributed by atoms with van der Waals surface area (Å²) in [6.45, 7) is 4.30. The Morgan fingerprint density at radius 3 is 1.96 bits per heavy atom. The number of hydrogen-bond donors (Lipinski definition) is 1. The molecule has 1 N–H and O–H groups in total. The second-order valence-electron chi connectivity index (χ2n) is 6.02. The summed E-state index contributed by atoms with van der Waals surface area (Å²) in [6, 6.07) is 14.3. The van der Waals surface area contributed by atoms with Crippen LogP contribution in [0.1, 0.15) is 59.3 Å². The number of carboxylic acids is 1. The molecular formula is C21H26O2. The summed E-state index contributed by atoms with van der Waals surface area (Å²) < 4.78 is 0. The number of rotatable bonds is 8. The highest BCUT2D eigenvalue weighted by atomic mass is 16.4. The first-order chi connectivity index (χ1) is 11.2.